The van der Waals surface area contributed by atoms with E-state index in [1.807, 2.05) is 45.3 Å². The van der Waals surface area contributed by atoms with Crippen molar-refractivity contribution < 1.29 is 9.53 Å². The molecule has 5 nitrogen and oxygen atoms in total. The van der Waals surface area contributed by atoms with Gasteiger partial charge in [-0.15, -0.1) is 0 Å². The SMILES string of the molecule is CCOc1ccccc1NCCC(=O)NCCCN(C)C. The maximum Gasteiger partial charge on any atom is 0.221 e. The van der Waals surface area contributed by atoms with Crippen molar-refractivity contribution in [3.8, 4) is 5.75 Å². The lowest BCUT2D eigenvalue weighted by atomic mass is 10.2. The minimum atomic E-state index is 0.0788. The van der Waals surface area contributed by atoms with Gasteiger partial charge < -0.3 is 20.3 Å². The fourth-order valence-electron chi connectivity index (χ4n) is 1.92. The smallest absolute Gasteiger partial charge is 0.221 e. The minimum absolute atomic E-state index is 0.0788. The highest BCUT2D eigenvalue weighted by molar-refractivity contribution is 5.76. The predicted octanol–water partition coefficient (Wildman–Crippen LogP) is 1.96. The van der Waals surface area contributed by atoms with E-state index in [0.29, 0.717) is 19.6 Å². The molecule has 0 saturated heterocycles. The number of carbonyl (C=O) groups excluding carboxylic acids is 1. The zero-order chi connectivity index (χ0) is 15.5. The van der Waals surface area contributed by atoms with Crippen LogP contribution in [0.2, 0.25) is 0 Å². The molecule has 21 heavy (non-hydrogen) atoms. The molecule has 0 bridgehead atoms. The number of nitrogens with one attached hydrogen (secondary N) is 2. The van der Waals surface area contributed by atoms with Gasteiger partial charge in [0, 0.05) is 19.5 Å². The zero-order valence-corrected chi connectivity index (χ0v) is 13.3. The third-order valence-electron chi connectivity index (χ3n) is 2.96. The number of hydrogen-bond donors (Lipinski definition) is 2. The summed E-state index contributed by atoms with van der Waals surface area (Å²) >= 11 is 0. The van der Waals surface area contributed by atoms with Gasteiger partial charge in [-0.25, -0.2) is 0 Å². The van der Waals surface area contributed by atoms with Crippen LogP contribution in [0.1, 0.15) is 19.8 Å². The number of carbonyl (C=O) groups is 1. The quantitative estimate of drug-likeness (QED) is 0.648. The van der Waals surface area contributed by atoms with Crippen molar-refractivity contribution in [2.45, 2.75) is 19.8 Å². The molecular weight excluding hydrogens is 266 g/mol. The van der Waals surface area contributed by atoms with Crippen LogP contribution in [0.3, 0.4) is 0 Å². The number of nitrogens with zero attached hydrogens (tertiary/aromatic N) is 1. The van der Waals surface area contributed by atoms with Gasteiger partial charge >= 0.3 is 0 Å². The number of ether oxygens (including phenoxy) is 1. The Kier molecular flexibility index (Phi) is 8.28. The maximum atomic E-state index is 11.7. The molecule has 0 aromatic heterocycles. The first kappa shape index (κ1) is 17.3. The van der Waals surface area contributed by atoms with E-state index < -0.39 is 0 Å². The molecule has 1 aromatic carbocycles. The molecule has 0 fully saturated rings. The molecule has 0 aliphatic carbocycles. The van der Waals surface area contributed by atoms with Crippen molar-refractivity contribution in [2.24, 2.45) is 0 Å². The van der Waals surface area contributed by atoms with Crippen molar-refractivity contribution in [3.63, 3.8) is 0 Å². The van der Waals surface area contributed by atoms with Crippen LogP contribution in [-0.2, 0) is 4.79 Å². The second kappa shape index (κ2) is 10.0. The first-order valence-corrected chi connectivity index (χ1v) is 7.50. The summed E-state index contributed by atoms with van der Waals surface area (Å²) < 4.78 is 5.53. The number of benzene rings is 1. The van der Waals surface area contributed by atoms with Crippen LogP contribution in [0.5, 0.6) is 5.75 Å². The van der Waals surface area contributed by atoms with Crippen molar-refractivity contribution >= 4 is 11.6 Å². The van der Waals surface area contributed by atoms with E-state index in [0.717, 1.165) is 30.9 Å². The molecule has 0 aliphatic rings. The Labute approximate surface area is 127 Å². The summed E-state index contributed by atoms with van der Waals surface area (Å²) in [7, 11) is 4.06. The van der Waals surface area contributed by atoms with Crippen LogP contribution in [0.4, 0.5) is 5.69 Å². The minimum Gasteiger partial charge on any atom is -0.492 e. The summed E-state index contributed by atoms with van der Waals surface area (Å²) in [5, 5.41) is 6.17. The van der Waals surface area contributed by atoms with E-state index in [9.17, 15) is 4.79 Å². The highest BCUT2D eigenvalue weighted by Gasteiger charge is 2.04. The Morgan fingerprint density at radius 3 is 2.71 bits per heavy atom. The Morgan fingerprint density at radius 2 is 2.00 bits per heavy atom. The fraction of sp³-hybridized carbons (Fsp3) is 0.562. The Bertz CT molecular complexity index is 422. The number of anilines is 1. The lowest BCUT2D eigenvalue weighted by Crippen LogP contribution is -2.28. The molecule has 0 radical (unpaired) electrons. The number of para-hydroxylation sites is 2. The van der Waals surface area contributed by atoms with Crippen LogP contribution in [0.25, 0.3) is 0 Å². The molecule has 0 unspecified atom stereocenters. The molecule has 0 spiro atoms. The Morgan fingerprint density at radius 1 is 1.24 bits per heavy atom. The first-order valence-electron chi connectivity index (χ1n) is 7.50. The second-order valence-electron chi connectivity index (χ2n) is 5.11. The van der Waals surface area contributed by atoms with Gasteiger partial charge in [0.25, 0.3) is 0 Å². The molecule has 2 N–H and O–H groups in total. The third-order valence-corrected chi connectivity index (χ3v) is 2.96. The van der Waals surface area contributed by atoms with E-state index in [1.165, 1.54) is 0 Å². The highest BCUT2D eigenvalue weighted by Crippen LogP contribution is 2.23. The maximum absolute atomic E-state index is 11.7. The number of rotatable bonds is 10. The van der Waals surface area contributed by atoms with Gasteiger partial charge in [-0.3, -0.25) is 4.79 Å². The van der Waals surface area contributed by atoms with Crippen LogP contribution >= 0.6 is 0 Å². The molecular formula is C16H27N3O2. The van der Waals surface area contributed by atoms with E-state index in [2.05, 4.69) is 15.5 Å². The molecule has 5 heteroatoms. The average molecular weight is 293 g/mol. The molecule has 1 aromatic rings. The fourth-order valence-corrected chi connectivity index (χ4v) is 1.92. The molecule has 0 aliphatic heterocycles. The lowest BCUT2D eigenvalue weighted by Gasteiger charge is -2.12. The van der Waals surface area contributed by atoms with Crippen LogP contribution in [-0.4, -0.2) is 51.1 Å². The van der Waals surface area contributed by atoms with E-state index in [1.54, 1.807) is 0 Å². The van der Waals surface area contributed by atoms with Crippen LogP contribution in [0.15, 0.2) is 24.3 Å². The summed E-state index contributed by atoms with van der Waals surface area (Å²) in [5.74, 6) is 0.904. The Balaban J connectivity index is 2.22. The standard InChI is InChI=1S/C16H27N3O2/c1-4-21-15-9-6-5-8-14(15)17-12-10-16(20)18-11-7-13-19(2)3/h5-6,8-9,17H,4,7,10-13H2,1-3H3,(H,18,20). The molecule has 0 saturated carbocycles. The van der Waals surface area contributed by atoms with Gasteiger partial charge in [-0.05, 0) is 46.1 Å². The largest absolute Gasteiger partial charge is 0.492 e. The number of hydrogen-bond acceptors (Lipinski definition) is 4. The van der Waals surface area contributed by atoms with Gasteiger partial charge in [-0.2, -0.15) is 0 Å². The van der Waals surface area contributed by atoms with Crippen molar-refractivity contribution in [1.82, 2.24) is 10.2 Å². The molecule has 0 heterocycles. The molecule has 1 amide bonds. The Hall–Kier alpha value is -1.75. The van der Waals surface area contributed by atoms with Gasteiger partial charge in [0.2, 0.25) is 5.91 Å². The van der Waals surface area contributed by atoms with Gasteiger partial charge in [0.05, 0.1) is 12.3 Å². The topological polar surface area (TPSA) is 53.6 Å². The summed E-state index contributed by atoms with van der Waals surface area (Å²) in [5.41, 5.74) is 0.930. The monoisotopic (exact) mass is 293 g/mol. The van der Waals surface area contributed by atoms with Gasteiger partial charge in [-0.1, -0.05) is 12.1 Å². The summed E-state index contributed by atoms with van der Waals surface area (Å²) in [6.45, 7) is 4.90. The average Bonchev–Trinajstić information content (AvgIpc) is 2.45. The van der Waals surface area contributed by atoms with Crippen molar-refractivity contribution in [3.05, 3.63) is 24.3 Å². The number of amides is 1. The van der Waals surface area contributed by atoms with E-state index in [-0.39, 0.29) is 5.91 Å². The van der Waals surface area contributed by atoms with E-state index >= 15 is 0 Å². The van der Waals surface area contributed by atoms with E-state index in [4.69, 9.17) is 4.74 Å². The van der Waals surface area contributed by atoms with Crippen LogP contribution in [0, 0.1) is 0 Å². The lowest BCUT2D eigenvalue weighted by molar-refractivity contribution is -0.120. The normalized spacial score (nSPS) is 10.5. The third kappa shape index (κ3) is 7.56. The predicted molar refractivity (Wildman–Crippen MR) is 86.9 cm³/mol. The molecule has 118 valence electrons. The summed E-state index contributed by atoms with van der Waals surface area (Å²) in [6, 6.07) is 7.77. The molecule has 1 rings (SSSR count). The van der Waals surface area contributed by atoms with Gasteiger partial charge in [0.15, 0.2) is 0 Å². The first-order chi connectivity index (χ1) is 10.1. The second-order valence-corrected chi connectivity index (χ2v) is 5.11. The van der Waals surface area contributed by atoms with Crippen molar-refractivity contribution in [1.29, 1.82) is 0 Å². The zero-order valence-electron chi connectivity index (χ0n) is 13.3. The van der Waals surface area contributed by atoms with Gasteiger partial charge in [0.1, 0.15) is 5.75 Å². The highest BCUT2D eigenvalue weighted by atomic mass is 16.5. The summed E-state index contributed by atoms with van der Waals surface area (Å²) in [4.78, 5) is 13.8. The van der Waals surface area contributed by atoms with Crippen LogP contribution < -0.4 is 15.4 Å². The summed E-state index contributed by atoms with van der Waals surface area (Å²) in [6.07, 6.45) is 1.43. The van der Waals surface area contributed by atoms with Crippen molar-refractivity contribution in [2.75, 3.05) is 45.7 Å². The molecule has 0 atom stereocenters.